The maximum absolute atomic E-state index is 12.1. The number of hydrogen-bond acceptors (Lipinski definition) is 1. The van der Waals surface area contributed by atoms with Crippen molar-refractivity contribution in [2.45, 2.75) is 31.6 Å². The zero-order valence-corrected chi connectivity index (χ0v) is 13.3. The minimum Gasteiger partial charge on any atom is -0.331 e. The number of benzene rings is 1. The molecule has 1 aliphatic heterocycles. The summed E-state index contributed by atoms with van der Waals surface area (Å²) in [6, 6.07) is 5.74. The van der Waals surface area contributed by atoms with Crippen LogP contribution in [-0.2, 0) is 4.79 Å². The van der Waals surface area contributed by atoms with Gasteiger partial charge in [-0.2, -0.15) is 0 Å². The Kier molecular flexibility index (Phi) is 4.42. The van der Waals surface area contributed by atoms with Crippen LogP contribution in [-0.4, -0.2) is 23.9 Å². The van der Waals surface area contributed by atoms with Crippen molar-refractivity contribution in [1.82, 2.24) is 4.90 Å². The van der Waals surface area contributed by atoms with Gasteiger partial charge in [-0.1, -0.05) is 35.2 Å². The van der Waals surface area contributed by atoms with Crippen molar-refractivity contribution in [3.63, 3.8) is 0 Å². The first-order valence-corrected chi connectivity index (χ1v) is 8.14. The second-order valence-corrected chi connectivity index (χ2v) is 6.62. The van der Waals surface area contributed by atoms with Crippen LogP contribution >= 0.6 is 23.2 Å². The molecule has 1 aliphatic carbocycles. The first-order valence-electron chi connectivity index (χ1n) is 7.39. The van der Waals surface area contributed by atoms with Crippen molar-refractivity contribution in [2.24, 2.45) is 5.92 Å². The SMILES string of the molecule is O=C(C#CC1CC1)N1CCCC(c2ccc(Cl)c(Cl)c2)C1. The molecule has 1 aromatic carbocycles. The highest BCUT2D eigenvalue weighted by Gasteiger charge is 2.25. The van der Waals surface area contributed by atoms with Crippen LogP contribution < -0.4 is 0 Å². The first kappa shape index (κ1) is 14.8. The largest absolute Gasteiger partial charge is 0.331 e. The molecule has 110 valence electrons. The smallest absolute Gasteiger partial charge is 0.298 e. The molecular formula is C17H17Cl2NO. The number of amides is 1. The lowest BCUT2D eigenvalue weighted by Crippen LogP contribution is -2.38. The zero-order valence-electron chi connectivity index (χ0n) is 11.7. The van der Waals surface area contributed by atoms with Crippen molar-refractivity contribution in [2.75, 3.05) is 13.1 Å². The topological polar surface area (TPSA) is 20.3 Å². The average molecular weight is 322 g/mol. The normalized spacial score (nSPS) is 21.6. The molecule has 0 aromatic heterocycles. The van der Waals surface area contributed by atoms with Crippen molar-refractivity contribution in [3.05, 3.63) is 33.8 Å². The van der Waals surface area contributed by atoms with Gasteiger partial charge in [0, 0.05) is 24.9 Å². The van der Waals surface area contributed by atoms with E-state index in [1.54, 1.807) is 0 Å². The third-order valence-corrected chi connectivity index (χ3v) is 4.82. The highest BCUT2D eigenvalue weighted by atomic mass is 35.5. The summed E-state index contributed by atoms with van der Waals surface area (Å²) in [7, 11) is 0. The molecule has 1 saturated heterocycles. The zero-order chi connectivity index (χ0) is 14.8. The monoisotopic (exact) mass is 321 g/mol. The molecule has 0 spiro atoms. The van der Waals surface area contributed by atoms with Crippen molar-refractivity contribution in [3.8, 4) is 11.8 Å². The van der Waals surface area contributed by atoms with Crippen molar-refractivity contribution >= 4 is 29.1 Å². The Hall–Kier alpha value is -1.17. The Morgan fingerprint density at radius 3 is 2.71 bits per heavy atom. The molecule has 0 bridgehead atoms. The number of carbonyl (C=O) groups is 1. The second-order valence-electron chi connectivity index (χ2n) is 5.81. The Morgan fingerprint density at radius 2 is 2.00 bits per heavy atom. The van der Waals surface area contributed by atoms with Crippen LogP contribution in [0.1, 0.15) is 37.2 Å². The minimum atomic E-state index is -0.0355. The summed E-state index contributed by atoms with van der Waals surface area (Å²) in [5.41, 5.74) is 1.15. The molecule has 1 saturated carbocycles. The van der Waals surface area contributed by atoms with Crippen LogP contribution in [0.4, 0.5) is 0 Å². The van der Waals surface area contributed by atoms with Crippen LogP contribution in [0.5, 0.6) is 0 Å². The van der Waals surface area contributed by atoms with Crippen molar-refractivity contribution < 1.29 is 4.79 Å². The van der Waals surface area contributed by atoms with E-state index in [0.717, 1.165) is 44.3 Å². The van der Waals surface area contributed by atoms with Gasteiger partial charge in [0.2, 0.25) is 0 Å². The summed E-state index contributed by atoms with van der Waals surface area (Å²) in [5, 5.41) is 1.14. The van der Waals surface area contributed by atoms with Gasteiger partial charge < -0.3 is 4.90 Å². The number of nitrogens with zero attached hydrogens (tertiary/aromatic N) is 1. The van der Waals surface area contributed by atoms with Gasteiger partial charge in [-0.3, -0.25) is 4.79 Å². The summed E-state index contributed by atoms with van der Waals surface area (Å²) < 4.78 is 0. The van der Waals surface area contributed by atoms with Gasteiger partial charge in [0.05, 0.1) is 10.0 Å². The summed E-state index contributed by atoms with van der Waals surface area (Å²) in [4.78, 5) is 14.0. The minimum absolute atomic E-state index is 0.0355. The molecule has 3 rings (SSSR count). The molecule has 1 aromatic rings. The van der Waals surface area contributed by atoms with Gasteiger partial charge in [-0.25, -0.2) is 0 Å². The summed E-state index contributed by atoms with van der Waals surface area (Å²) in [6.45, 7) is 1.52. The maximum Gasteiger partial charge on any atom is 0.298 e. The van der Waals surface area contributed by atoms with Crippen LogP contribution in [0.2, 0.25) is 10.0 Å². The molecule has 0 N–H and O–H groups in total. The van der Waals surface area contributed by atoms with E-state index < -0.39 is 0 Å². The van der Waals surface area contributed by atoms with Crippen LogP contribution in [0, 0.1) is 17.8 Å². The predicted molar refractivity (Wildman–Crippen MR) is 85.5 cm³/mol. The van der Waals surface area contributed by atoms with Gasteiger partial charge >= 0.3 is 0 Å². The fourth-order valence-electron chi connectivity index (χ4n) is 2.67. The van der Waals surface area contributed by atoms with Gasteiger partial charge in [-0.15, -0.1) is 0 Å². The Morgan fingerprint density at radius 1 is 1.19 bits per heavy atom. The molecule has 1 unspecified atom stereocenters. The quantitative estimate of drug-likeness (QED) is 0.713. The Labute approximate surface area is 135 Å². The standard InChI is InChI=1S/C17H17Cl2NO/c18-15-7-6-13(10-16(15)19)14-2-1-9-20(11-14)17(21)8-5-12-3-4-12/h6-7,10,12,14H,1-4,9,11H2. The average Bonchev–Trinajstić information content (AvgIpc) is 3.32. The highest BCUT2D eigenvalue weighted by molar-refractivity contribution is 6.42. The molecule has 2 fully saturated rings. The lowest BCUT2D eigenvalue weighted by Gasteiger charge is -2.31. The van der Waals surface area contributed by atoms with Gasteiger partial charge in [0.25, 0.3) is 5.91 Å². The fourth-order valence-corrected chi connectivity index (χ4v) is 2.98. The molecule has 2 aliphatic rings. The molecule has 1 amide bonds. The number of halogens is 2. The number of piperidine rings is 1. The van der Waals surface area contributed by atoms with Gasteiger partial charge in [-0.05, 0) is 49.3 Å². The Bertz CT molecular complexity index is 613. The number of carbonyl (C=O) groups excluding carboxylic acids is 1. The summed E-state index contributed by atoms with van der Waals surface area (Å²) in [5.74, 6) is 6.59. The van der Waals surface area contributed by atoms with Gasteiger partial charge in [0.15, 0.2) is 0 Å². The third kappa shape index (κ3) is 3.73. The van der Waals surface area contributed by atoms with Gasteiger partial charge in [0.1, 0.15) is 0 Å². The lowest BCUT2D eigenvalue weighted by atomic mass is 9.90. The predicted octanol–water partition coefficient (Wildman–Crippen LogP) is 4.11. The molecule has 1 heterocycles. The number of likely N-dealkylation sites (tertiary alicyclic amines) is 1. The number of hydrogen-bond donors (Lipinski definition) is 0. The molecular weight excluding hydrogens is 305 g/mol. The van der Waals surface area contributed by atoms with E-state index in [0.29, 0.717) is 21.9 Å². The van der Waals surface area contributed by atoms with Crippen LogP contribution in [0.25, 0.3) is 0 Å². The first-order chi connectivity index (χ1) is 10.1. The van der Waals surface area contributed by atoms with E-state index in [-0.39, 0.29) is 5.91 Å². The molecule has 1 atom stereocenters. The fraction of sp³-hybridized carbons (Fsp3) is 0.471. The summed E-state index contributed by atoms with van der Waals surface area (Å²) >= 11 is 12.0. The van der Waals surface area contributed by atoms with Crippen LogP contribution in [0.3, 0.4) is 0 Å². The third-order valence-electron chi connectivity index (χ3n) is 4.08. The lowest BCUT2D eigenvalue weighted by molar-refractivity contribution is -0.126. The van der Waals surface area contributed by atoms with E-state index in [9.17, 15) is 4.79 Å². The van der Waals surface area contributed by atoms with E-state index in [1.165, 1.54) is 0 Å². The second kappa shape index (κ2) is 6.30. The van der Waals surface area contributed by atoms with Crippen molar-refractivity contribution in [1.29, 1.82) is 0 Å². The molecule has 0 radical (unpaired) electrons. The molecule has 2 nitrogen and oxygen atoms in total. The highest BCUT2D eigenvalue weighted by Crippen LogP contribution is 2.31. The molecule has 21 heavy (non-hydrogen) atoms. The van der Waals surface area contributed by atoms with Crippen LogP contribution in [0.15, 0.2) is 18.2 Å². The van der Waals surface area contributed by atoms with E-state index >= 15 is 0 Å². The maximum atomic E-state index is 12.1. The number of rotatable bonds is 1. The van der Waals surface area contributed by atoms with E-state index in [2.05, 4.69) is 11.8 Å². The Balaban J connectivity index is 1.68. The summed E-state index contributed by atoms with van der Waals surface area (Å²) in [6.07, 6.45) is 4.36. The van der Waals surface area contributed by atoms with E-state index in [1.807, 2.05) is 23.1 Å². The van der Waals surface area contributed by atoms with E-state index in [4.69, 9.17) is 23.2 Å². The molecule has 4 heteroatoms.